The maximum absolute atomic E-state index is 6.77. The fraction of sp³-hybridized carbons (Fsp3) is 0.182. The van der Waals surface area contributed by atoms with Gasteiger partial charge in [0.1, 0.15) is 23.0 Å². The maximum atomic E-state index is 6.77. The van der Waals surface area contributed by atoms with Gasteiger partial charge in [-0.3, -0.25) is 0 Å². The van der Waals surface area contributed by atoms with E-state index in [1.54, 1.807) is 0 Å². The third-order valence-corrected chi connectivity index (χ3v) is 10.2. The first kappa shape index (κ1) is 33.9. The van der Waals surface area contributed by atoms with Crippen molar-refractivity contribution in [1.29, 1.82) is 0 Å². The van der Waals surface area contributed by atoms with E-state index in [4.69, 9.17) is 18.1 Å². The van der Waals surface area contributed by atoms with Gasteiger partial charge in [0.15, 0.2) is 0 Å². The van der Waals surface area contributed by atoms with E-state index in [-0.39, 0.29) is 28.9 Å². The highest BCUT2D eigenvalue weighted by molar-refractivity contribution is 7.27. The average molecular weight is 697 g/mol. The van der Waals surface area contributed by atoms with Crippen molar-refractivity contribution >= 4 is 50.4 Å². The molecule has 0 radical (unpaired) electrons. The summed E-state index contributed by atoms with van der Waals surface area (Å²) in [5, 5.41) is 6.80. The molecule has 252 valence electrons. The summed E-state index contributed by atoms with van der Waals surface area (Å²) in [5.74, 6) is 3.07. The summed E-state index contributed by atoms with van der Waals surface area (Å²) >= 11 is 0. The van der Waals surface area contributed by atoms with Crippen LogP contribution in [0.4, 0.5) is 0 Å². The normalized spacial score (nSPS) is 12.4. The molecule has 50 heavy (non-hydrogen) atoms. The van der Waals surface area contributed by atoms with Gasteiger partial charge >= 0.3 is 0 Å². The second kappa shape index (κ2) is 13.9. The lowest BCUT2D eigenvalue weighted by Gasteiger charge is -2.30. The van der Waals surface area contributed by atoms with Gasteiger partial charge in [0.05, 0.1) is 0 Å². The molecule has 0 aliphatic carbocycles. The van der Waals surface area contributed by atoms with Gasteiger partial charge in [0.2, 0.25) is 0 Å². The summed E-state index contributed by atoms with van der Waals surface area (Å²) in [6, 6.07) is 46.0. The van der Waals surface area contributed by atoms with Crippen LogP contribution in [0, 0.1) is 0 Å². The molecule has 0 amide bonds. The lowest BCUT2D eigenvalue weighted by molar-refractivity contribution is 0.490. The van der Waals surface area contributed by atoms with Crippen molar-refractivity contribution < 1.29 is 18.1 Å². The predicted molar refractivity (Wildman–Crippen MR) is 214 cm³/mol. The van der Waals surface area contributed by atoms with Crippen molar-refractivity contribution in [3.8, 4) is 34.1 Å². The zero-order valence-corrected chi connectivity index (χ0v) is 31.3. The van der Waals surface area contributed by atoms with Crippen molar-refractivity contribution in [3.63, 3.8) is 0 Å². The smallest absolute Gasteiger partial charge is 0.275 e. The SMILES string of the molecule is CC(C)(C)c1cc(-c2c(OPOc3ccc4ccccc4c3)ccc3ccccc23)c(OPOc2ccc3ccccc3c2)c(C(C)(C)C)c1. The molecule has 7 aromatic rings. The molecule has 7 rings (SSSR count). The monoisotopic (exact) mass is 696 g/mol. The van der Waals surface area contributed by atoms with Crippen molar-refractivity contribution in [2.75, 3.05) is 0 Å². The second-order valence-corrected chi connectivity index (χ2v) is 15.8. The average Bonchev–Trinajstić information content (AvgIpc) is 3.10. The molecule has 0 aliphatic rings. The molecular weight excluding hydrogens is 654 g/mol. The Labute approximate surface area is 298 Å². The first-order valence-corrected chi connectivity index (χ1v) is 18.5. The fourth-order valence-corrected chi connectivity index (χ4v) is 7.31. The summed E-state index contributed by atoms with van der Waals surface area (Å²) in [6.07, 6.45) is 0. The van der Waals surface area contributed by atoms with Gasteiger partial charge in [-0.25, -0.2) is 0 Å². The summed E-state index contributed by atoms with van der Waals surface area (Å²) in [6.45, 7) is 13.5. The third-order valence-electron chi connectivity index (χ3n) is 8.98. The Kier molecular flexibility index (Phi) is 9.44. The fourth-order valence-electron chi connectivity index (χ4n) is 6.22. The molecular formula is C44H42O4P2. The number of hydrogen-bond donors (Lipinski definition) is 0. The Bertz CT molecular complexity index is 2320. The van der Waals surface area contributed by atoms with Gasteiger partial charge in [0, 0.05) is 16.7 Å². The van der Waals surface area contributed by atoms with E-state index in [2.05, 4.69) is 133 Å². The zero-order chi connectivity index (χ0) is 34.9. The topological polar surface area (TPSA) is 36.9 Å². The first-order valence-electron chi connectivity index (χ1n) is 16.9. The maximum Gasteiger partial charge on any atom is 0.275 e. The summed E-state index contributed by atoms with van der Waals surface area (Å²) < 4.78 is 25.8. The van der Waals surface area contributed by atoms with Crippen LogP contribution < -0.4 is 18.1 Å². The van der Waals surface area contributed by atoms with E-state index in [1.807, 2.05) is 42.5 Å². The molecule has 0 saturated carbocycles. The van der Waals surface area contributed by atoms with Crippen LogP contribution in [0.1, 0.15) is 52.7 Å². The number of rotatable bonds is 9. The van der Waals surface area contributed by atoms with Crippen LogP contribution in [-0.4, -0.2) is 0 Å². The standard InChI is InChI=1S/C44H42O4P2/c1-43(2,3)34-27-38(42(39(28-34)44(4,5)6)48-50-46-36-23-20-30-14-8-10-17-33(30)26-36)41-37-18-12-11-15-31(37)21-24-40(41)47-49-45-35-22-19-29-13-7-9-16-32(29)25-35/h7-28,49-50H,1-6H3. The minimum atomic E-state index is -0.258. The van der Waals surface area contributed by atoms with E-state index < -0.39 is 0 Å². The predicted octanol–water partition coefficient (Wildman–Crippen LogP) is 13.3. The molecule has 0 N–H and O–H groups in total. The first-order chi connectivity index (χ1) is 24.0. The molecule has 2 unspecified atom stereocenters. The second-order valence-electron chi connectivity index (χ2n) is 14.7. The van der Waals surface area contributed by atoms with Gasteiger partial charge in [-0.1, -0.05) is 139 Å². The number of benzene rings is 7. The molecule has 0 aliphatic heterocycles. The van der Waals surface area contributed by atoms with Crippen molar-refractivity contribution in [2.24, 2.45) is 0 Å². The highest BCUT2D eigenvalue weighted by atomic mass is 31.1. The zero-order valence-electron chi connectivity index (χ0n) is 29.3. The van der Waals surface area contributed by atoms with Crippen molar-refractivity contribution in [3.05, 3.63) is 145 Å². The third kappa shape index (κ3) is 7.29. The molecule has 6 heteroatoms. The van der Waals surface area contributed by atoms with Crippen molar-refractivity contribution in [1.82, 2.24) is 0 Å². The Balaban J connectivity index is 1.30. The van der Waals surface area contributed by atoms with Crippen LogP contribution in [0.3, 0.4) is 0 Å². The molecule has 0 spiro atoms. The van der Waals surface area contributed by atoms with E-state index in [0.29, 0.717) is 0 Å². The molecule has 7 aromatic carbocycles. The summed E-state index contributed by atoms with van der Waals surface area (Å²) in [7, 11) is -0.508. The van der Waals surface area contributed by atoms with Crippen molar-refractivity contribution in [2.45, 2.75) is 52.4 Å². The minimum absolute atomic E-state index is 0.107. The summed E-state index contributed by atoms with van der Waals surface area (Å²) in [4.78, 5) is 0. The van der Waals surface area contributed by atoms with Gasteiger partial charge in [0.25, 0.3) is 18.1 Å². The minimum Gasteiger partial charge on any atom is -0.441 e. The Morgan fingerprint density at radius 1 is 0.440 bits per heavy atom. The number of fused-ring (bicyclic) bond motifs is 3. The summed E-state index contributed by atoms with van der Waals surface area (Å²) in [5.41, 5.74) is 3.95. The van der Waals surface area contributed by atoms with Crippen LogP contribution in [-0.2, 0) is 10.8 Å². The van der Waals surface area contributed by atoms with Crippen LogP contribution >= 0.6 is 18.1 Å². The Morgan fingerprint density at radius 3 is 1.54 bits per heavy atom. The molecule has 2 atom stereocenters. The largest absolute Gasteiger partial charge is 0.441 e. The molecule has 4 nitrogen and oxygen atoms in total. The van der Waals surface area contributed by atoms with Gasteiger partial charge in [-0.15, -0.1) is 0 Å². The molecule has 0 bridgehead atoms. The Hall–Kier alpha value is -4.62. The number of hydrogen-bond acceptors (Lipinski definition) is 4. The molecule has 0 aromatic heterocycles. The molecule has 0 heterocycles. The van der Waals surface area contributed by atoms with Crippen LogP contribution in [0.25, 0.3) is 43.4 Å². The van der Waals surface area contributed by atoms with Gasteiger partial charge in [-0.2, -0.15) is 0 Å². The molecule has 0 fully saturated rings. The highest BCUT2D eigenvalue weighted by Gasteiger charge is 2.29. The van der Waals surface area contributed by atoms with Gasteiger partial charge in [-0.05, 0) is 85.1 Å². The van der Waals surface area contributed by atoms with Crippen LogP contribution in [0.2, 0.25) is 0 Å². The van der Waals surface area contributed by atoms with E-state index in [1.165, 1.54) is 16.3 Å². The Morgan fingerprint density at radius 2 is 0.960 bits per heavy atom. The van der Waals surface area contributed by atoms with Gasteiger partial charge < -0.3 is 18.1 Å². The molecule has 0 saturated heterocycles. The quantitative estimate of drug-likeness (QED) is 0.141. The van der Waals surface area contributed by atoms with E-state index >= 15 is 0 Å². The lowest BCUT2D eigenvalue weighted by atomic mass is 9.77. The van der Waals surface area contributed by atoms with Crippen LogP contribution in [0.15, 0.2) is 133 Å². The highest BCUT2D eigenvalue weighted by Crippen LogP contribution is 2.50. The van der Waals surface area contributed by atoms with Crippen LogP contribution in [0.5, 0.6) is 23.0 Å². The lowest BCUT2D eigenvalue weighted by Crippen LogP contribution is -2.18. The van der Waals surface area contributed by atoms with E-state index in [9.17, 15) is 0 Å². The van der Waals surface area contributed by atoms with E-state index in [0.717, 1.165) is 61.2 Å².